The van der Waals surface area contributed by atoms with Crippen LogP contribution in [0.25, 0.3) is 0 Å². The Labute approximate surface area is 133 Å². The second-order valence-corrected chi connectivity index (χ2v) is 5.63. The van der Waals surface area contributed by atoms with Crippen molar-refractivity contribution in [3.05, 3.63) is 52.6 Å². The molecule has 1 aromatic carbocycles. The van der Waals surface area contributed by atoms with E-state index in [1.165, 1.54) is 0 Å². The molecule has 0 aliphatic heterocycles. The first-order valence-electron chi connectivity index (χ1n) is 7.58. The number of hydrogen-bond donors (Lipinski definition) is 3. The molecule has 120 valence electrons. The predicted molar refractivity (Wildman–Crippen MR) is 85.2 cm³/mol. The zero-order valence-corrected chi connectivity index (χ0v) is 12.8. The summed E-state index contributed by atoms with van der Waals surface area (Å²) < 4.78 is 14.1. The summed E-state index contributed by atoms with van der Waals surface area (Å²) in [7, 11) is 1.85. The van der Waals surface area contributed by atoms with Gasteiger partial charge in [0.1, 0.15) is 5.56 Å². The Morgan fingerprint density at radius 1 is 1.26 bits per heavy atom. The lowest BCUT2D eigenvalue weighted by molar-refractivity contribution is 0.0955. The summed E-state index contributed by atoms with van der Waals surface area (Å²) in [5.41, 5.74) is 2.19. The van der Waals surface area contributed by atoms with Gasteiger partial charge in [0.05, 0.1) is 5.56 Å². The van der Waals surface area contributed by atoms with Gasteiger partial charge in [0.25, 0.3) is 5.91 Å². The van der Waals surface area contributed by atoms with Gasteiger partial charge in [0.2, 0.25) is 5.95 Å². The molecule has 0 saturated heterocycles. The molecular formula is C17H18FN3O2. The molecule has 3 N–H and O–H groups in total. The van der Waals surface area contributed by atoms with E-state index in [9.17, 15) is 14.0 Å². The number of H-pyrrole nitrogens is 1. The number of aryl methyl sites for hydroxylation is 1. The third-order valence-corrected chi connectivity index (χ3v) is 3.96. The number of ketones is 1. The number of carbonyl (C=O) groups excluding carboxylic acids is 2. The van der Waals surface area contributed by atoms with Crippen LogP contribution in [-0.2, 0) is 13.0 Å². The topological polar surface area (TPSA) is 74.0 Å². The molecule has 1 amide bonds. The number of Topliss-reactive ketones (excluding diaryl/α,β-unsaturated/α-hetero) is 1. The zero-order chi connectivity index (χ0) is 16.4. The molecule has 23 heavy (non-hydrogen) atoms. The van der Waals surface area contributed by atoms with Gasteiger partial charge in [-0.1, -0.05) is 12.1 Å². The maximum absolute atomic E-state index is 14.1. The minimum absolute atomic E-state index is 0.177. The van der Waals surface area contributed by atoms with Crippen LogP contribution in [0.2, 0.25) is 0 Å². The molecular weight excluding hydrogens is 297 g/mol. The van der Waals surface area contributed by atoms with Crippen molar-refractivity contribution in [2.45, 2.75) is 25.8 Å². The number of rotatable bonds is 4. The summed E-state index contributed by atoms with van der Waals surface area (Å²) in [6.07, 6.45) is 1.62. The molecule has 0 radical (unpaired) electrons. The van der Waals surface area contributed by atoms with Gasteiger partial charge in [-0.3, -0.25) is 9.59 Å². The van der Waals surface area contributed by atoms with Crippen molar-refractivity contribution in [3.8, 4) is 0 Å². The Bertz CT molecular complexity index is 750. The van der Waals surface area contributed by atoms with Crippen LogP contribution >= 0.6 is 0 Å². The molecule has 5 nitrogen and oxygen atoms in total. The molecule has 1 heterocycles. The summed E-state index contributed by atoms with van der Waals surface area (Å²) in [5.74, 6) is -1.52. The first kappa shape index (κ1) is 15.4. The largest absolute Gasteiger partial charge is 0.334 e. The van der Waals surface area contributed by atoms with Crippen LogP contribution < -0.4 is 10.6 Å². The Morgan fingerprint density at radius 2 is 2.00 bits per heavy atom. The molecule has 0 saturated carbocycles. The minimum atomic E-state index is -0.741. The second kappa shape index (κ2) is 6.34. The van der Waals surface area contributed by atoms with Crippen molar-refractivity contribution in [1.82, 2.24) is 10.3 Å². The fourth-order valence-corrected chi connectivity index (χ4v) is 2.88. The highest BCUT2D eigenvalue weighted by atomic mass is 19.1. The SMILES string of the molecule is CNCc1ccc(NC(=O)c2c(F)[nH]c3c2C(=O)CCC3)cc1. The normalized spacial score (nSPS) is 13.7. The summed E-state index contributed by atoms with van der Waals surface area (Å²) >= 11 is 0. The molecule has 1 aliphatic carbocycles. The molecule has 2 aromatic rings. The quantitative estimate of drug-likeness (QED) is 0.812. The number of hydrogen-bond acceptors (Lipinski definition) is 3. The first-order chi connectivity index (χ1) is 11.1. The van der Waals surface area contributed by atoms with E-state index in [2.05, 4.69) is 15.6 Å². The van der Waals surface area contributed by atoms with Crippen molar-refractivity contribution < 1.29 is 14.0 Å². The maximum atomic E-state index is 14.1. The average Bonchev–Trinajstić information content (AvgIpc) is 2.87. The molecule has 0 fully saturated rings. The number of aromatic amines is 1. The van der Waals surface area contributed by atoms with Gasteiger partial charge in [0, 0.05) is 24.3 Å². The van der Waals surface area contributed by atoms with E-state index < -0.39 is 11.9 Å². The summed E-state index contributed by atoms with van der Waals surface area (Å²) in [6, 6.07) is 7.26. The van der Waals surface area contributed by atoms with Gasteiger partial charge >= 0.3 is 0 Å². The number of benzene rings is 1. The monoisotopic (exact) mass is 315 g/mol. The summed E-state index contributed by atoms with van der Waals surface area (Å²) in [5, 5.41) is 5.69. The zero-order valence-electron chi connectivity index (χ0n) is 12.8. The number of aromatic nitrogens is 1. The van der Waals surface area contributed by atoms with Gasteiger partial charge in [-0.25, -0.2) is 0 Å². The molecule has 6 heteroatoms. The first-order valence-corrected chi connectivity index (χ1v) is 7.58. The van der Waals surface area contributed by atoms with Crippen molar-refractivity contribution in [1.29, 1.82) is 0 Å². The smallest absolute Gasteiger partial charge is 0.261 e. The molecule has 1 aromatic heterocycles. The average molecular weight is 315 g/mol. The third-order valence-electron chi connectivity index (χ3n) is 3.96. The lowest BCUT2D eigenvalue weighted by Gasteiger charge is -2.11. The van der Waals surface area contributed by atoms with Crippen LogP contribution in [0.5, 0.6) is 0 Å². The molecule has 3 rings (SSSR count). The fraction of sp³-hybridized carbons (Fsp3) is 0.294. The number of fused-ring (bicyclic) bond motifs is 1. The number of nitrogens with one attached hydrogen (secondary N) is 3. The Hall–Kier alpha value is -2.47. The van der Waals surface area contributed by atoms with Crippen LogP contribution in [0.1, 0.15) is 44.8 Å². The Kier molecular flexibility index (Phi) is 4.25. The van der Waals surface area contributed by atoms with Crippen LogP contribution in [-0.4, -0.2) is 23.7 Å². The predicted octanol–water partition coefficient (Wildman–Crippen LogP) is 2.64. The summed E-state index contributed by atoms with van der Waals surface area (Å²) in [4.78, 5) is 26.9. The highest BCUT2D eigenvalue weighted by Gasteiger charge is 2.30. The van der Waals surface area contributed by atoms with Crippen LogP contribution in [0.4, 0.5) is 10.1 Å². The van der Waals surface area contributed by atoms with Gasteiger partial charge in [-0.2, -0.15) is 4.39 Å². The highest BCUT2D eigenvalue weighted by Crippen LogP contribution is 2.27. The minimum Gasteiger partial charge on any atom is -0.334 e. The molecule has 0 spiro atoms. The Morgan fingerprint density at radius 3 is 2.70 bits per heavy atom. The van der Waals surface area contributed by atoms with Crippen molar-refractivity contribution >= 4 is 17.4 Å². The number of amides is 1. The lowest BCUT2D eigenvalue weighted by Crippen LogP contribution is -2.18. The van der Waals surface area contributed by atoms with E-state index in [0.717, 1.165) is 12.1 Å². The number of carbonyl (C=O) groups is 2. The highest BCUT2D eigenvalue weighted by molar-refractivity contribution is 6.13. The van der Waals surface area contributed by atoms with Crippen LogP contribution in [0.15, 0.2) is 24.3 Å². The van der Waals surface area contributed by atoms with Gasteiger partial charge in [-0.05, 0) is 37.6 Å². The van der Waals surface area contributed by atoms with Gasteiger partial charge in [-0.15, -0.1) is 0 Å². The van der Waals surface area contributed by atoms with E-state index in [1.807, 2.05) is 19.2 Å². The number of anilines is 1. The number of halogens is 1. The molecule has 0 unspecified atom stereocenters. The maximum Gasteiger partial charge on any atom is 0.261 e. The van der Waals surface area contributed by atoms with Crippen LogP contribution in [0, 0.1) is 5.95 Å². The van der Waals surface area contributed by atoms with E-state index in [4.69, 9.17) is 0 Å². The van der Waals surface area contributed by atoms with Crippen molar-refractivity contribution in [3.63, 3.8) is 0 Å². The van der Waals surface area contributed by atoms with Gasteiger partial charge in [0.15, 0.2) is 5.78 Å². The summed E-state index contributed by atoms with van der Waals surface area (Å²) in [6.45, 7) is 0.725. The van der Waals surface area contributed by atoms with E-state index in [0.29, 0.717) is 30.6 Å². The molecule has 0 atom stereocenters. The van der Waals surface area contributed by atoms with E-state index in [1.54, 1.807) is 12.1 Å². The van der Waals surface area contributed by atoms with Crippen LogP contribution in [0.3, 0.4) is 0 Å². The Balaban J connectivity index is 1.84. The van der Waals surface area contributed by atoms with E-state index in [-0.39, 0.29) is 16.9 Å². The fourth-order valence-electron chi connectivity index (χ4n) is 2.88. The standard InChI is InChI=1S/C17H18FN3O2/c1-19-9-10-5-7-11(8-6-10)20-17(23)15-14-12(21-16(15)18)3-2-4-13(14)22/h5-8,19,21H,2-4,9H2,1H3,(H,20,23). The molecule has 0 bridgehead atoms. The van der Waals surface area contributed by atoms with E-state index >= 15 is 0 Å². The van der Waals surface area contributed by atoms with Crippen molar-refractivity contribution in [2.75, 3.05) is 12.4 Å². The lowest BCUT2D eigenvalue weighted by atomic mass is 9.93. The molecule has 1 aliphatic rings. The van der Waals surface area contributed by atoms with Gasteiger partial charge < -0.3 is 15.6 Å². The van der Waals surface area contributed by atoms with Crippen molar-refractivity contribution in [2.24, 2.45) is 0 Å². The second-order valence-electron chi connectivity index (χ2n) is 5.63. The third kappa shape index (κ3) is 3.03.